The Morgan fingerprint density at radius 3 is 2.92 bits per heavy atom. The first kappa shape index (κ1) is 15.3. The zero-order valence-electron chi connectivity index (χ0n) is 13.5. The van der Waals surface area contributed by atoms with E-state index in [1.807, 2.05) is 12.1 Å². The summed E-state index contributed by atoms with van der Waals surface area (Å²) in [6.45, 7) is 0.733. The van der Waals surface area contributed by atoms with Gasteiger partial charge in [0.15, 0.2) is 5.65 Å². The lowest BCUT2D eigenvalue weighted by Gasteiger charge is -2.05. The number of amides is 1. The molecule has 0 aromatic carbocycles. The van der Waals surface area contributed by atoms with Crippen LogP contribution in [0, 0.1) is 5.92 Å². The van der Waals surface area contributed by atoms with E-state index in [4.69, 9.17) is 10.5 Å². The van der Waals surface area contributed by atoms with Crippen molar-refractivity contribution >= 4 is 23.1 Å². The van der Waals surface area contributed by atoms with E-state index in [0.717, 1.165) is 17.7 Å². The first-order chi connectivity index (χ1) is 12.2. The van der Waals surface area contributed by atoms with E-state index >= 15 is 0 Å². The lowest BCUT2D eigenvalue weighted by molar-refractivity contribution is -0.113. The maximum atomic E-state index is 10.9. The number of H-pyrrole nitrogens is 1. The van der Waals surface area contributed by atoms with E-state index in [1.165, 1.54) is 18.9 Å². The Hall–Kier alpha value is -3.22. The Bertz CT molecular complexity index is 942. The molecule has 25 heavy (non-hydrogen) atoms. The number of nitrogens with zero attached hydrogens (tertiary/aromatic N) is 3. The van der Waals surface area contributed by atoms with Crippen LogP contribution in [0.25, 0.3) is 28.5 Å². The van der Waals surface area contributed by atoms with Gasteiger partial charge in [-0.1, -0.05) is 0 Å². The molecule has 3 aromatic heterocycles. The number of fused-ring (bicyclic) bond motifs is 1. The Morgan fingerprint density at radius 2 is 2.20 bits per heavy atom. The highest BCUT2D eigenvalue weighted by atomic mass is 16.5. The van der Waals surface area contributed by atoms with Crippen LogP contribution in [-0.4, -0.2) is 32.4 Å². The molecular formula is C18H17N5O2. The summed E-state index contributed by atoms with van der Waals surface area (Å²) < 4.78 is 5.65. The molecule has 4 rings (SSSR count). The number of hydrogen-bond acceptors (Lipinski definition) is 5. The topological polar surface area (TPSA) is 107 Å². The minimum atomic E-state index is -0.510. The summed E-state index contributed by atoms with van der Waals surface area (Å²) in [6, 6.07) is 3.76. The molecule has 126 valence electrons. The van der Waals surface area contributed by atoms with E-state index in [1.54, 1.807) is 24.7 Å². The highest BCUT2D eigenvalue weighted by Gasteiger charge is 2.22. The Labute approximate surface area is 144 Å². The van der Waals surface area contributed by atoms with Gasteiger partial charge in [-0.2, -0.15) is 0 Å². The van der Waals surface area contributed by atoms with Gasteiger partial charge in [-0.15, -0.1) is 0 Å². The molecule has 0 aliphatic heterocycles. The van der Waals surface area contributed by atoms with Crippen molar-refractivity contribution in [2.24, 2.45) is 11.7 Å². The number of ether oxygens (including phenoxy) is 1. The van der Waals surface area contributed by atoms with Crippen molar-refractivity contribution in [2.75, 3.05) is 6.61 Å². The van der Waals surface area contributed by atoms with Crippen molar-refractivity contribution in [3.63, 3.8) is 0 Å². The molecule has 0 saturated heterocycles. The second-order valence-corrected chi connectivity index (χ2v) is 6.07. The van der Waals surface area contributed by atoms with Crippen molar-refractivity contribution in [2.45, 2.75) is 12.8 Å². The fourth-order valence-corrected chi connectivity index (χ4v) is 2.45. The molecular weight excluding hydrogens is 318 g/mol. The number of rotatable bonds is 6. The number of carbonyl (C=O) groups excluding carboxylic acids is 1. The minimum absolute atomic E-state index is 0.510. The smallest absolute Gasteiger partial charge is 0.241 e. The number of aromatic amines is 1. The normalized spacial score (nSPS) is 14.2. The largest absolute Gasteiger partial charge is 0.477 e. The van der Waals surface area contributed by atoms with Crippen LogP contribution in [0.15, 0.2) is 36.8 Å². The zero-order valence-corrected chi connectivity index (χ0v) is 13.5. The van der Waals surface area contributed by atoms with Gasteiger partial charge in [0.05, 0.1) is 18.5 Å². The van der Waals surface area contributed by atoms with Gasteiger partial charge in [0, 0.05) is 35.7 Å². The van der Waals surface area contributed by atoms with Crippen molar-refractivity contribution in [3.05, 3.63) is 42.4 Å². The minimum Gasteiger partial charge on any atom is -0.477 e. The maximum Gasteiger partial charge on any atom is 0.241 e. The van der Waals surface area contributed by atoms with Crippen LogP contribution in [-0.2, 0) is 4.79 Å². The zero-order chi connectivity index (χ0) is 17.2. The first-order valence-corrected chi connectivity index (χ1v) is 8.10. The molecule has 3 heterocycles. The van der Waals surface area contributed by atoms with Crippen LogP contribution in [0.3, 0.4) is 0 Å². The van der Waals surface area contributed by atoms with E-state index in [-0.39, 0.29) is 0 Å². The van der Waals surface area contributed by atoms with E-state index in [0.29, 0.717) is 28.7 Å². The molecule has 1 amide bonds. The standard InChI is InChI=1S/C18H17N5O2/c19-15(24)5-3-13-8-21-18-17(13)23-14(9-22-18)12-4-6-16(20-7-12)25-10-11-1-2-11/h3-9,11H,1-2,10H2,(H2,19,24)(H,21,22)/b5-3+. The predicted octanol–water partition coefficient (Wildman–Crippen LogP) is 2.31. The van der Waals surface area contributed by atoms with Gasteiger partial charge in [0.2, 0.25) is 11.8 Å². The van der Waals surface area contributed by atoms with Crippen LogP contribution in [0.5, 0.6) is 5.88 Å². The third kappa shape index (κ3) is 3.50. The summed E-state index contributed by atoms with van der Waals surface area (Å²) in [7, 11) is 0. The highest BCUT2D eigenvalue weighted by molar-refractivity contribution is 5.93. The van der Waals surface area contributed by atoms with Crippen LogP contribution in [0.2, 0.25) is 0 Å². The molecule has 3 aromatic rings. The molecule has 0 atom stereocenters. The number of pyridine rings is 1. The summed E-state index contributed by atoms with van der Waals surface area (Å²) in [5.41, 5.74) is 8.75. The lowest BCUT2D eigenvalue weighted by Crippen LogP contribution is -2.05. The van der Waals surface area contributed by atoms with Gasteiger partial charge in [-0.25, -0.2) is 15.0 Å². The Balaban J connectivity index is 1.59. The van der Waals surface area contributed by atoms with Gasteiger partial charge < -0.3 is 15.5 Å². The predicted molar refractivity (Wildman–Crippen MR) is 93.6 cm³/mol. The number of primary amides is 1. The van der Waals surface area contributed by atoms with Gasteiger partial charge in [-0.3, -0.25) is 4.79 Å². The molecule has 1 aliphatic rings. The van der Waals surface area contributed by atoms with Crippen LogP contribution in [0.1, 0.15) is 18.4 Å². The second kappa shape index (κ2) is 6.35. The van der Waals surface area contributed by atoms with E-state index in [2.05, 4.69) is 19.9 Å². The fourth-order valence-electron chi connectivity index (χ4n) is 2.45. The van der Waals surface area contributed by atoms with Gasteiger partial charge in [0.1, 0.15) is 5.52 Å². The number of nitrogens with one attached hydrogen (secondary N) is 1. The summed E-state index contributed by atoms with van der Waals surface area (Å²) in [5.74, 6) is 0.802. The summed E-state index contributed by atoms with van der Waals surface area (Å²) in [6.07, 6.45) is 10.6. The molecule has 1 saturated carbocycles. The number of aromatic nitrogens is 4. The number of hydrogen-bond donors (Lipinski definition) is 2. The van der Waals surface area contributed by atoms with Crippen LogP contribution in [0.4, 0.5) is 0 Å². The quantitative estimate of drug-likeness (QED) is 0.672. The Kier molecular flexibility index (Phi) is 3.89. The third-order valence-electron chi connectivity index (χ3n) is 4.03. The van der Waals surface area contributed by atoms with Crippen molar-refractivity contribution < 1.29 is 9.53 Å². The van der Waals surface area contributed by atoms with Gasteiger partial charge in [0.25, 0.3) is 0 Å². The average molecular weight is 335 g/mol. The molecule has 0 unspecified atom stereocenters. The highest BCUT2D eigenvalue weighted by Crippen LogP contribution is 2.29. The molecule has 7 nitrogen and oxygen atoms in total. The molecule has 0 spiro atoms. The van der Waals surface area contributed by atoms with Gasteiger partial charge >= 0.3 is 0 Å². The number of carbonyl (C=O) groups is 1. The molecule has 0 bridgehead atoms. The van der Waals surface area contributed by atoms with Crippen molar-refractivity contribution in [1.82, 2.24) is 19.9 Å². The van der Waals surface area contributed by atoms with Crippen molar-refractivity contribution in [1.29, 1.82) is 0 Å². The summed E-state index contributed by atoms with van der Waals surface area (Å²) >= 11 is 0. The molecule has 3 N–H and O–H groups in total. The molecule has 0 radical (unpaired) electrons. The average Bonchev–Trinajstić information content (AvgIpc) is 3.37. The molecule has 7 heteroatoms. The summed E-state index contributed by atoms with van der Waals surface area (Å²) in [4.78, 5) is 27.3. The monoisotopic (exact) mass is 335 g/mol. The third-order valence-corrected chi connectivity index (χ3v) is 4.03. The maximum absolute atomic E-state index is 10.9. The fraction of sp³-hybridized carbons (Fsp3) is 0.222. The molecule has 1 fully saturated rings. The second-order valence-electron chi connectivity index (χ2n) is 6.07. The number of nitrogens with two attached hydrogens (primary N) is 1. The SMILES string of the molecule is NC(=O)/C=C/c1c[nH]c2ncc(-c3ccc(OCC4CC4)nc3)nc12. The van der Waals surface area contributed by atoms with Crippen LogP contribution >= 0.6 is 0 Å². The first-order valence-electron chi connectivity index (χ1n) is 8.10. The van der Waals surface area contributed by atoms with E-state index in [9.17, 15) is 4.79 Å². The van der Waals surface area contributed by atoms with Crippen LogP contribution < -0.4 is 10.5 Å². The summed E-state index contributed by atoms with van der Waals surface area (Å²) in [5, 5.41) is 0. The van der Waals surface area contributed by atoms with E-state index < -0.39 is 5.91 Å². The van der Waals surface area contributed by atoms with Crippen molar-refractivity contribution in [3.8, 4) is 17.1 Å². The lowest BCUT2D eigenvalue weighted by atomic mass is 10.2. The Morgan fingerprint density at radius 1 is 1.32 bits per heavy atom. The molecule has 1 aliphatic carbocycles. The van der Waals surface area contributed by atoms with Gasteiger partial charge in [-0.05, 0) is 30.9 Å².